The monoisotopic (exact) mass is 478 g/mol. The molecule has 0 fully saturated rings. The van der Waals surface area contributed by atoms with Gasteiger partial charge in [-0.3, -0.25) is 0 Å². The van der Waals surface area contributed by atoms with E-state index in [0.29, 0.717) is 11.3 Å². The lowest BCUT2D eigenvalue weighted by Gasteiger charge is -2.27. The van der Waals surface area contributed by atoms with Crippen molar-refractivity contribution in [2.45, 2.75) is 19.8 Å². The lowest BCUT2D eigenvalue weighted by atomic mass is 9.83. The maximum Gasteiger partial charge on any atom is 0.349 e. The Kier molecular flexibility index (Phi) is 6.44. The number of para-hydroxylation sites is 1. The second-order valence-electron chi connectivity index (χ2n) is 7.74. The fourth-order valence-electron chi connectivity index (χ4n) is 3.90. The van der Waals surface area contributed by atoms with E-state index in [-0.39, 0.29) is 40.1 Å². The summed E-state index contributed by atoms with van der Waals surface area (Å²) in [6.45, 7) is 3.48. The molecular weight excluding hydrogens is 459 g/mol. The van der Waals surface area contributed by atoms with Crippen molar-refractivity contribution in [2.24, 2.45) is 5.73 Å². The molecule has 34 heavy (non-hydrogen) atoms. The average Bonchev–Trinajstić information content (AvgIpc) is 2.78. The van der Waals surface area contributed by atoms with Gasteiger partial charge in [0.2, 0.25) is 5.88 Å². The minimum absolute atomic E-state index is 0.0336. The van der Waals surface area contributed by atoms with Crippen LogP contribution in [0, 0.1) is 31.0 Å². The first kappa shape index (κ1) is 23.1. The van der Waals surface area contributed by atoms with Crippen LogP contribution in [0.3, 0.4) is 0 Å². The largest absolute Gasteiger partial charge is 0.481 e. The third kappa shape index (κ3) is 4.41. The Morgan fingerprint density at radius 1 is 1.18 bits per heavy atom. The number of hydrogen-bond acceptors (Lipinski definition) is 6. The molecule has 4 rings (SSSR count). The van der Waals surface area contributed by atoms with Crippen LogP contribution in [-0.4, -0.2) is 12.6 Å². The molecule has 0 aliphatic carbocycles. The Labute approximate surface area is 200 Å². The number of rotatable bonds is 5. The van der Waals surface area contributed by atoms with Crippen molar-refractivity contribution < 1.29 is 23.4 Å². The fraction of sp³-hybridized carbons (Fsp3) is 0.154. The summed E-state index contributed by atoms with van der Waals surface area (Å²) in [6, 6.07) is 16.5. The number of nitrogens with two attached hydrogens (primary N) is 1. The van der Waals surface area contributed by atoms with Gasteiger partial charge in [-0.1, -0.05) is 41.9 Å². The van der Waals surface area contributed by atoms with Crippen molar-refractivity contribution in [1.82, 2.24) is 0 Å². The molecule has 0 bridgehead atoms. The summed E-state index contributed by atoms with van der Waals surface area (Å²) in [6.07, 6.45) is 0. The molecule has 1 aliphatic rings. The Balaban J connectivity index is 1.59. The van der Waals surface area contributed by atoms with Crippen molar-refractivity contribution >= 4 is 17.6 Å². The van der Waals surface area contributed by atoms with E-state index in [1.54, 1.807) is 6.07 Å². The zero-order valence-electron chi connectivity index (χ0n) is 18.4. The summed E-state index contributed by atoms with van der Waals surface area (Å²) in [5, 5.41) is 9.80. The molecule has 1 heterocycles. The Morgan fingerprint density at radius 2 is 1.88 bits per heavy atom. The predicted molar refractivity (Wildman–Crippen MR) is 124 cm³/mol. The van der Waals surface area contributed by atoms with Crippen molar-refractivity contribution in [1.29, 1.82) is 5.26 Å². The van der Waals surface area contributed by atoms with Crippen LogP contribution in [0.1, 0.15) is 28.2 Å². The highest BCUT2D eigenvalue weighted by molar-refractivity contribution is 6.31. The second-order valence-corrected chi connectivity index (χ2v) is 8.15. The molecule has 1 unspecified atom stereocenters. The molecule has 0 saturated carbocycles. The van der Waals surface area contributed by atoms with E-state index in [2.05, 4.69) is 0 Å². The number of hydrogen-bond donors (Lipinski definition) is 1. The number of aryl methyl sites for hydroxylation is 2. The third-order valence-corrected chi connectivity index (χ3v) is 5.78. The van der Waals surface area contributed by atoms with Crippen molar-refractivity contribution in [3.8, 4) is 23.3 Å². The lowest BCUT2D eigenvalue weighted by molar-refractivity contribution is -0.136. The van der Waals surface area contributed by atoms with Crippen LogP contribution in [0.25, 0.3) is 0 Å². The first-order valence-electron chi connectivity index (χ1n) is 10.3. The number of carbonyl (C=O) groups excluding carboxylic acids is 1. The number of allylic oxidation sites excluding steroid dienone is 1. The topological polar surface area (TPSA) is 94.6 Å². The second kappa shape index (κ2) is 9.46. The van der Waals surface area contributed by atoms with Gasteiger partial charge in [-0.2, -0.15) is 5.26 Å². The first-order chi connectivity index (χ1) is 16.3. The summed E-state index contributed by atoms with van der Waals surface area (Å²) >= 11 is 6.27. The Hall–Kier alpha value is -4.02. The molecule has 8 heteroatoms. The van der Waals surface area contributed by atoms with Gasteiger partial charge >= 0.3 is 5.97 Å². The van der Waals surface area contributed by atoms with Gasteiger partial charge in [0.1, 0.15) is 34.7 Å². The highest BCUT2D eigenvalue weighted by atomic mass is 35.5. The van der Waals surface area contributed by atoms with Crippen LogP contribution in [0.5, 0.6) is 17.2 Å². The van der Waals surface area contributed by atoms with Gasteiger partial charge in [-0.25, -0.2) is 9.18 Å². The summed E-state index contributed by atoms with van der Waals surface area (Å²) < 4.78 is 31.3. The van der Waals surface area contributed by atoms with Crippen molar-refractivity contribution in [3.63, 3.8) is 0 Å². The van der Waals surface area contributed by atoms with Crippen LogP contribution < -0.4 is 19.9 Å². The molecule has 0 saturated heterocycles. The van der Waals surface area contributed by atoms with E-state index in [9.17, 15) is 14.4 Å². The molecule has 3 aromatic carbocycles. The molecule has 0 aromatic heterocycles. The predicted octanol–water partition coefficient (Wildman–Crippen LogP) is 5.30. The number of ether oxygens (including phenoxy) is 3. The highest BCUT2D eigenvalue weighted by Crippen LogP contribution is 2.46. The molecule has 0 radical (unpaired) electrons. The maximum absolute atomic E-state index is 14.7. The van der Waals surface area contributed by atoms with Crippen LogP contribution in [0.4, 0.5) is 4.39 Å². The summed E-state index contributed by atoms with van der Waals surface area (Å²) in [7, 11) is 0. The summed E-state index contributed by atoms with van der Waals surface area (Å²) in [5.41, 5.74) is 8.38. The van der Waals surface area contributed by atoms with Gasteiger partial charge in [-0.15, -0.1) is 0 Å². The number of halogens is 2. The van der Waals surface area contributed by atoms with Crippen LogP contribution in [0.2, 0.25) is 5.02 Å². The van der Waals surface area contributed by atoms with E-state index in [1.807, 2.05) is 38.1 Å². The van der Waals surface area contributed by atoms with E-state index in [1.165, 1.54) is 30.3 Å². The van der Waals surface area contributed by atoms with Crippen LogP contribution in [-0.2, 0) is 4.79 Å². The molecule has 2 N–H and O–H groups in total. The summed E-state index contributed by atoms with van der Waals surface area (Å²) in [4.78, 5) is 12.4. The maximum atomic E-state index is 14.7. The van der Waals surface area contributed by atoms with Gasteiger partial charge in [-0.05, 0) is 43.2 Å². The van der Waals surface area contributed by atoms with Crippen molar-refractivity contribution in [3.05, 3.63) is 99.1 Å². The van der Waals surface area contributed by atoms with Crippen LogP contribution >= 0.6 is 11.6 Å². The first-order valence-corrected chi connectivity index (χ1v) is 10.7. The fourth-order valence-corrected chi connectivity index (χ4v) is 4.17. The van der Waals surface area contributed by atoms with Gasteiger partial charge < -0.3 is 19.9 Å². The number of esters is 1. The smallest absolute Gasteiger partial charge is 0.349 e. The molecular formula is C26H20ClFN2O4. The standard InChI is InChI=1S/C26H20ClFN2O4/c1-14-5-3-6-15(2)25(14)32-13-22(31)33-16-9-10-17-21(11-16)34-26(30)18(12-29)23(17)24-19(27)7-4-8-20(24)28/h3-11,23H,13,30H2,1-2H3. The van der Waals surface area contributed by atoms with Crippen molar-refractivity contribution in [2.75, 3.05) is 6.61 Å². The van der Waals surface area contributed by atoms with E-state index in [0.717, 1.165) is 11.1 Å². The normalized spacial score (nSPS) is 14.6. The summed E-state index contributed by atoms with van der Waals surface area (Å²) in [5.74, 6) is -1.22. The number of nitrogens with zero attached hydrogens (tertiary/aromatic N) is 1. The Bertz CT molecular complexity index is 1320. The van der Waals surface area contributed by atoms with E-state index in [4.69, 9.17) is 31.5 Å². The zero-order chi connectivity index (χ0) is 24.4. The lowest BCUT2D eigenvalue weighted by Crippen LogP contribution is -2.22. The van der Waals surface area contributed by atoms with Crippen LogP contribution in [0.15, 0.2) is 66.1 Å². The molecule has 1 aliphatic heterocycles. The minimum Gasteiger partial charge on any atom is -0.481 e. The quantitative estimate of drug-likeness (QED) is 0.395. The van der Waals surface area contributed by atoms with E-state index >= 15 is 0 Å². The average molecular weight is 479 g/mol. The molecule has 3 aromatic rings. The number of fused-ring (bicyclic) bond motifs is 1. The molecule has 6 nitrogen and oxygen atoms in total. The third-order valence-electron chi connectivity index (χ3n) is 5.45. The molecule has 0 spiro atoms. The Morgan fingerprint density at radius 3 is 2.56 bits per heavy atom. The van der Waals surface area contributed by atoms with Gasteiger partial charge in [0.25, 0.3) is 0 Å². The van der Waals surface area contributed by atoms with Gasteiger partial charge in [0.15, 0.2) is 6.61 Å². The molecule has 1 atom stereocenters. The SMILES string of the molecule is Cc1cccc(C)c1OCC(=O)Oc1ccc2c(c1)OC(N)=C(C#N)C2c1c(F)cccc1Cl. The highest BCUT2D eigenvalue weighted by Gasteiger charge is 2.34. The number of carbonyl (C=O) groups is 1. The minimum atomic E-state index is -0.875. The van der Waals surface area contributed by atoms with E-state index < -0.39 is 17.7 Å². The van der Waals surface area contributed by atoms with Gasteiger partial charge in [0, 0.05) is 22.2 Å². The molecule has 172 valence electrons. The number of benzene rings is 3. The molecule has 0 amide bonds. The number of nitriles is 1. The zero-order valence-corrected chi connectivity index (χ0v) is 19.2. The van der Waals surface area contributed by atoms with Gasteiger partial charge in [0.05, 0.1) is 5.92 Å².